The standard InChI is InChI=1S/C25H21ClF3N3O3/c26-19-3-1-2-16(12-19)4-7-23(33)31-20-13-18(24-30-14-22(32-24)25(27,28)29)5-6-21(20)35-15-17-8-10-34-11-9-17/h1-3,5-6,12-14,17H,8-11,15H2,(H,30,32)(H,31,33). The van der Waals surface area contributed by atoms with Crippen molar-refractivity contribution in [3.8, 4) is 29.0 Å². The van der Waals surface area contributed by atoms with Gasteiger partial charge in [0.2, 0.25) is 0 Å². The zero-order valence-corrected chi connectivity index (χ0v) is 19.2. The topological polar surface area (TPSA) is 76.2 Å². The molecule has 1 aromatic heterocycles. The number of hydrogen-bond donors (Lipinski definition) is 2. The quantitative estimate of drug-likeness (QED) is 0.448. The van der Waals surface area contributed by atoms with Gasteiger partial charge in [-0.05, 0) is 55.2 Å². The molecule has 0 unspecified atom stereocenters. The summed E-state index contributed by atoms with van der Waals surface area (Å²) in [7, 11) is 0. The van der Waals surface area contributed by atoms with Gasteiger partial charge in [-0.2, -0.15) is 13.2 Å². The maximum atomic E-state index is 13.0. The van der Waals surface area contributed by atoms with E-state index in [9.17, 15) is 18.0 Å². The average Bonchev–Trinajstić information content (AvgIpc) is 3.34. The molecule has 35 heavy (non-hydrogen) atoms. The molecular formula is C25H21ClF3N3O3. The summed E-state index contributed by atoms with van der Waals surface area (Å²) < 4.78 is 50.3. The fourth-order valence-electron chi connectivity index (χ4n) is 3.48. The maximum absolute atomic E-state index is 13.0. The van der Waals surface area contributed by atoms with E-state index < -0.39 is 17.8 Å². The van der Waals surface area contributed by atoms with Crippen LogP contribution in [-0.2, 0) is 15.7 Å². The van der Waals surface area contributed by atoms with Gasteiger partial charge in [0.05, 0.1) is 18.5 Å². The smallest absolute Gasteiger partial charge is 0.432 e. The second kappa shape index (κ2) is 10.8. The Hall–Kier alpha value is -3.48. The van der Waals surface area contributed by atoms with Crippen molar-refractivity contribution in [2.24, 2.45) is 5.92 Å². The van der Waals surface area contributed by atoms with E-state index in [1.807, 2.05) is 0 Å². The number of benzene rings is 2. The predicted molar refractivity (Wildman–Crippen MR) is 125 cm³/mol. The molecule has 1 saturated heterocycles. The number of aromatic nitrogens is 2. The lowest BCUT2D eigenvalue weighted by Gasteiger charge is -2.23. The Kier molecular flexibility index (Phi) is 7.63. The maximum Gasteiger partial charge on any atom is 0.432 e. The van der Waals surface area contributed by atoms with Gasteiger partial charge in [0, 0.05) is 35.3 Å². The van der Waals surface area contributed by atoms with Crippen LogP contribution in [0.1, 0.15) is 24.1 Å². The van der Waals surface area contributed by atoms with Crippen molar-refractivity contribution in [1.29, 1.82) is 0 Å². The molecule has 0 atom stereocenters. The Morgan fingerprint density at radius 3 is 2.74 bits per heavy atom. The lowest BCUT2D eigenvalue weighted by atomic mass is 10.0. The van der Waals surface area contributed by atoms with Gasteiger partial charge in [-0.1, -0.05) is 23.6 Å². The molecule has 1 fully saturated rings. The molecule has 0 spiro atoms. The van der Waals surface area contributed by atoms with Crippen molar-refractivity contribution in [1.82, 2.24) is 9.97 Å². The number of nitrogens with zero attached hydrogens (tertiary/aromatic N) is 1. The van der Waals surface area contributed by atoms with Crippen LogP contribution >= 0.6 is 11.6 Å². The number of hydrogen-bond acceptors (Lipinski definition) is 4. The van der Waals surface area contributed by atoms with E-state index in [0.717, 1.165) is 19.0 Å². The Balaban J connectivity index is 1.57. The van der Waals surface area contributed by atoms with Gasteiger partial charge >= 0.3 is 12.1 Å². The first kappa shape index (κ1) is 24.6. The first-order valence-electron chi connectivity index (χ1n) is 10.8. The van der Waals surface area contributed by atoms with Gasteiger partial charge in [-0.25, -0.2) is 4.98 Å². The van der Waals surface area contributed by atoms with Crippen LogP contribution in [0.15, 0.2) is 48.7 Å². The molecule has 2 aromatic carbocycles. The van der Waals surface area contributed by atoms with Crippen molar-refractivity contribution in [2.45, 2.75) is 19.0 Å². The largest absolute Gasteiger partial charge is 0.491 e. The van der Waals surface area contributed by atoms with E-state index in [4.69, 9.17) is 21.1 Å². The van der Waals surface area contributed by atoms with Gasteiger partial charge in [0.15, 0.2) is 0 Å². The highest BCUT2D eigenvalue weighted by Gasteiger charge is 2.33. The third-order valence-corrected chi connectivity index (χ3v) is 5.58. The second-order valence-corrected chi connectivity index (χ2v) is 8.37. The number of nitrogens with one attached hydrogen (secondary N) is 2. The number of ether oxygens (including phenoxy) is 2. The highest BCUT2D eigenvalue weighted by Crippen LogP contribution is 2.33. The average molecular weight is 504 g/mol. The zero-order valence-electron chi connectivity index (χ0n) is 18.4. The summed E-state index contributed by atoms with van der Waals surface area (Å²) in [5.74, 6) is 5.28. The number of halogens is 4. The fraction of sp³-hybridized carbons (Fsp3) is 0.280. The van der Waals surface area contributed by atoms with Gasteiger partial charge in [0.25, 0.3) is 0 Å². The molecule has 0 radical (unpaired) electrons. The first-order valence-corrected chi connectivity index (χ1v) is 11.2. The van der Waals surface area contributed by atoms with E-state index in [1.54, 1.807) is 36.4 Å². The van der Waals surface area contributed by atoms with Crippen molar-refractivity contribution >= 4 is 23.2 Å². The second-order valence-electron chi connectivity index (χ2n) is 7.94. The molecule has 1 amide bonds. The fourth-order valence-corrected chi connectivity index (χ4v) is 3.67. The number of alkyl halides is 3. The van der Waals surface area contributed by atoms with Crippen LogP contribution in [0.4, 0.5) is 18.9 Å². The van der Waals surface area contributed by atoms with Crippen molar-refractivity contribution in [3.63, 3.8) is 0 Å². The third-order valence-electron chi connectivity index (χ3n) is 5.34. The van der Waals surface area contributed by atoms with E-state index >= 15 is 0 Å². The van der Waals surface area contributed by atoms with Crippen LogP contribution in [0.2, 0.25) is 5.02 Å². The van der Waals surface area contributed by atoms with Gasteiger partial charge in [0.1, 0.15) is 17.3 Å². The molecule has 182 valence electrons. The molecule has 3 aromatic rings. The minimum Gasteiger partial charge on any atom is -0.491 e. The SMILES string of the molecule is O=C(C#Cc1cccc(Cl)c1)Nc1cc(-c2ncc(C(F)(F)F)[nH]2)ccc1OCC1CCOCC1. The lowest BCUT2D eigenvalue weighted by Crippen LogP contribution is -2.22. The summed E-state index contributed by atoms with van der Waals surface area (Å²) in [6.45, 7) is 1.74. The Morgan fingerprint density at radius 2 is 2.03 bits per heavy atom. The number of anilines is 1. The molecule has 2 heterocycles. The number of carbonyl (C=O) groups excluding carboxylic acids is 1. The molecule has 2 N–H and O–H groups in total. The minimum atomic E-state index is -4.55. The minimum absolute atomic E-state index is 0.00816. The molecule has 1 aliphatic heterocycles. The van der Waals surface area contributed by atoms with E-state index in [-0.39, 0.29) is 11.5 Å². The Bertz CT molecular complexity index is 1260. The summed E-state index contributed by atoms with van der Waals surface area (Å²) in [5, 5.41) is 3.16. The first-order chi connectivity index (χ1) is 16.8. The number of H-pyrrole nitrogens is 1. The summed E-state index contributed by atoms with van der Waals surface area (Å²) in [4.78, 5) is 18.6. The zero-order chi connectivity index (χ0) is 24.8. The summed E-state index contributed by atoms with van der Waals surface area (Å²) in [5.41, 5.74) is 0.208. The van der Waals surface area contributed by atoms with E-state index in [2.05, 4.69) is 27.1 Å². The molecule has 6 nitrogen and oxygen atoms in total. The molecule has 4 rings (SSSR count). The van der Waals surface area contributed by atoms with Crippen LogP contribution in [0.5, 0.6) is 5.75 Å². The Morgan fingerprint density at radius 1 is 1.23 bits per heavy atom. The molecular weight excluding hydrogens is 483 g/mol. The third kappa shape index (κ3) is 6.78. The van der Waals surface area contributed by atoms with Crippen LogP contribution < -0.4 is 10.1 Å². The number of carbonyl (C=O) groups is 1. The monoisotopic (exact) mass is 503 g/mol. The highest BCUT2D eigenvalue weighted by atomic mass is 35.5. The Labute approximate surface area is 204 Å². The molecule has 0 aliphatic carbocycles. The predicted octanol–water partition coefficient (Wildman–Crippen LogP) is 5.54. The summed E-state index contributed by atoms with van der Waals surface area (Å²) in [6, 6.07) is 11.4. The molecule has 10 heteroatoms. The molecule has 1 aliphatic rings. The number of aromatic amines is 1. The van der Waals surface area contributed by atoms with Crippen LogP contribution in [0.3, 0.4) is 0 Å². The van der Waals surface area contributed by atoms with Gasteiger partial charge < -0.3 is 19.8 Å². The lowest BCUT2D eigenvalue weighted by molar-refractivity contribution is -0.140. The summed E-state index contributed by atoms with van der Waals surface area (Å²) in [6.07, 6.45) is -2.11. The van der Waals surface area contributed by atoms with Crippen LogP contribution in [0.25, 0.3) is 11.4 Å². The van der Waals surface area contributed by atoms with Crippen LogP contribution in [-0.4, -0.2) is 35.7 Å². The molecule has 0 bridgehead atoms. The number of amides is 1. The van der Waals surface area contributed by atoms with Gasteiger partial charge in [-0.15, -0.1) is 0 Å². The van der Waals surface area contributed by atoms with Crippen LogP contribution in [0, 0.1) is 17.8 Å². The number of rotatable bonds is 5. The normalized spacial score (nSPS) is 14.2. The molecule has 0 saturated carbocycles. The van der Waals surface area contributed by atoms with Crippen molar-refractivity contribution in [2.75, 3.05) is 25.1 Å². The number of imidazole rings is 1. The van der Waals surface area contributed by atoms with E-state index in [1.165, 1.54) is 6.07 Å². The van der Waals surface area contributed by atoms with Gasteiger partial charge in [-0.3, -0.25) is 4.79 Å². The van der Waals surface area contributed by atoms with E-state index in [0.29, 0.717) is 47.6 Å². The summed E-state index contributed by atoms with van der Waals surface area (Å²) >= 11 is 5.94. The highest BCUT2D eigenvalue weighted by molar-refractivity contribution is 6.30. The van der Waals surface area contributed by atoms with Crippen molar-refractivity contribution < 1.29 is 27.4 Å². The van der Waals surface area contributed by atoms with Crippen molar-refractivity contribution in [3.05, 3.63) is 64.9 Å².